The molecule has 0 saturated heterocycles. The average Bonchev–Trinajstić information content (AvgIpc) is 2.30. The SMILES string of the molecule is CC(CN)CCCC(C)Oc1ccccc1. The number of nitrogens with two attached hydrogens (primary N) is 1. The van der Waals surface area contributed by atoms with Crippen molar-refractivity contribution in [2.45, 2.75) is 39.2 Å². The highest BCUT2D eigenvalue weighted by Crippen LogP contribution is 2.15. The Morgan fingerprint density at radius 2 is 1.81 bits per heavy atom. The molecule has 2 N–H and O–H groups in total. The summed E-state index contributed by atoms with van der Waals surface area (Å²) in [6.07, 6.45) is 3.76. The molecule has 2 heteroatoms. The summed E-state index contributed by atoms with van der Waals surface area (Å²) in [5.74, 6) is 1.59. The van der Waals surface area contributed by atoms with Gasteiger partial charge in [0.15, 0.2) is 0 Å². The molecule has 1 aromatic carbocycles. The van der Waals surface area contributed by atoms with Crippen LogP contribution in [0.4, 0.5) is 0 Å². The van der Waals surface area contributed by atoms with Gasteiger partial charge in [-0.25, -0.2) is 0 Å². The quantitative estimate of drug-likeness (QED) is 0.767. The van der Waals surface area contributed by atoms with E-state index in [1.165, 1.54) is 12.8 Å². The van der Waals surface area contributed by atoms with Crippen LogP contribution in [-0.4, -0.2) is 12.6 Å². The summed E-state index contributed by atoms with van der Waals surface area (Å²) in [6.45, 7) is 5.11. The van der Waals surface area contributed by atoms with Crippen LogP contribution in [0.25, 0.3) is 0 Å². The van der Waals surface area contributed by atoms with Gasteiger partial charge in [-0.3, -0.25) is 0 Å². The number of para-hydroxylation sites is 1. The number of hydrogen-bond donors (Lipinski definition) is 1. The predicted molar refractivity (Wildman–Crippen MR) is 68.6 cm³/mol. The van der Waals surface area contributed by atoms with Crippen LogP contribution >= 0.6 is 0 Å². The van der Waals surface area contributed by atoms with Crippen LogP contribution in [0.3, 0.4) is 0 Å². The second-order valence-electron chi connectivity index (χ2n) is 4.51. The summed E-state index contributed by atoms with van der Waals surface area (Å²) in [7, 11) is 0. The Kier molecular flexibility index (Phi) is 5.94. The lowest BCUT2D eigenvalue weighted by Crippen LogP contribution is -2.14. The van der Waals surface area contributed by atoms with Gasteiger partial charge >= 0.3 is 0 Å². The Morgan fingerprint density at radius 3 is 2.44 bits per heavy atom. The van der Waals surface area contributed by atoms with Gasteiger partial charge in [-0.05, 0) is 50.8 Å². The fourth-order valence-electron chi connectivity index (χ4n) is 1.66. The fraction of sp³-hybridized carbons (Fsp3) is 0.571. The molecule has 0 amide bonds. The molecule has 1 rings (SSSR count). The summed E-state index contributed by atoms with van der Waals surface area (Å²) in [6, 6.07) is 10.00. The van der Waals surface area contributed by atoms with E-state index in [1.54, 1.807) is 0 Å². The Labute approximate surface area is 98.8 Å². The molecule has 16 heavy (non-hydrogen) atoms. The Morgan fingerprint density at radius 1 is 1.12 bits per heavy atom. The first-order valence-corrected chi connectivity index (χ1v) is 6.14. The molecule has 0 spiro atoms. The summed E-state index contributed by atoms with van der Waals surface area (Å²) >= 11 is 0. The van der Waals surface area contributed by atoms with Gasteiger partial charge in [0.25, 0.3) is 0 Å². The first-order valence-electron chi connectivity index (χ1n) is 6.14. The van der Waals surface area contributed by atoms with Crippen molar-refractivity contribution in [1.82, 2.24) is 0 Å². The minimum Gasteiger partial charge on any atom is -0.491 e. The van der Waals surface area contributed by atoms with Crippen molar-refractivity contribution in [2.75, 3.05) is 6.54 Å². The fourth-order valence-corrected chi connectivity index (χ4v) is 1.66. The van der Waals surface area contributed by atoms with Crippen molar-refractivity contribution in [3.05, 3.63) is 30.3 Å². The third kappa shape index (κ3) is 5.17. The highest BCUT2D eigenvalue weighted by atomic mass is 16.5. The molecule has 2 atom stereocenters. The lowest BCUT2D eigenvalue weighted by atomic mass is 10.0. The molecule has 2 unspecified atom stereocenters. The predicted octanol–water partition coefficient (Wildman–Crippen LogP) is 3.22. The smallest absolute Gasteiger partial charge is 0.119 e. The zero-order valence-corrected chi connectivity index (χ0v) is 10.4. The zero-order chi connectivity index (χ0) is 11.8. The van der Waals surface area contributed by atoms with E-state index >= 15 is 0 Å². The summed E-state index contributed by atoms with van der Waals surface area (Å²) in [4.78, 5) is 0. The summed E-state index contributed by atoms with van der Waals surface area (Å²) in [5.41, 5.74) is 5.58. The molecule has 1 aromatic rings. The Bertz CT molecular complexity index is 273. The molecule has 0 fully saturated rings. The van der Waals surface area contributed by atoms with E-state index in [9.17, 15) is 0 Å². The topological polar surface area (TPSA) is 35.2 Å². The van der Waals surface area contributed by atoms with E-state index in [1.807, 2.05) is 30.3 Å². The minimum absolute atomic E-state index is 0.285. The van der Waals surface area contributed by atoms with Crippen molar-refractivity contribution < 1.29 is 4.74 Å². The summed E-state index contributed by atoms with van der Waals surface area (Å²) < 4.78 is 5.80. The number of hydrogen-bond acceptors (Lipinski definition) is 2. The molecule has 90 valence electrons. The summed E-state index contributed by atoms with van der Waals surface area (Å²) in [5, 5.41) is 0. The van der Waals surface area contributed by atoms with Gasteiger partial charge in [-0.1, -0.05) is 25.1 Å². The second kappa shape index (κ2) is 7.29. The van der Waals surface area contributed by atoms with Crippen LogP contribution in [-0.2, 0) is 0 Å². The molecular weight excluding hydrogens is 198 g/mol. The van der Waals surface area contributed by atoms with Crippen molar-refractivity contribution >= 4 is 0 Å². The van der Waals surface area contributed by atoms with Gasteiger partial charge in [0.05, 0.1) is 6.10 Å². The van der Waals surface area contributed by atoms with Crippen LogP contribution in [0, 0.1) is 5.92 Å². The van der Waals surface area contributed by atoms with E-state index in [4.69, 9.17) is 10.5 Å². The first kappa shape index (κ1) is 13.0. The molecule has 0 aliphatic rings. The van der Waals surface area contributed by atoms with E-state index in [0.717, 1.165) is 18.7 Å². The molecule has 0 heterocycles. The van der Waals surface area contributed by atoms with Crippen LogP contribution in [0.2, 0.25) is 0 Å². The minimum atomic E-state index is 0.285. The average molecular weight is 221 g/mol. The molecule has 0 aliphatic carbocycles. The maximum Gasteiger partial charge on any atom is 0.119 e. The zero-order valence-electron chi connectivity index (χ0n) is 10.4. The third-order valence-electron chi connectivity index (χ3n) is 2.79. The normalized spacial score (nSPS) is 14.4. The third-order valence-corrected chi connectivity index (χ3v) is 2.79. The number of benzene rings is 1. The highest BCUT2D eigenvalue weighted by Gasteiger charge is 2.05. The van der Waals surface area contributed by atoms with E-state index < -0.39 is 0 Å². The van der Waals surface area contributed by atoms with Gasteiger partial charge in [-0.2, -0.15) is 0 Å². The maximum absolute atomic E-state index is 5.80. The molecular formula is C14H23NO. The molecule has 0 bridgehead atoms. The van der Waals surface area contributed by atoms with Gasteiger partial charge in [0, 0.05) is 0 Å². The van der Waals surface area contributed by atoms with Crippen LogP contribution in [0.15, 0.2) is 30.3 Å². The van der Waals surface area contributed by atoms with Gasteiger partial charge < -0.3 is 10.5 Å². The standard InChI is InChI=1S/C14H23NO/c1-12(11-15)7-6-8-13(2)16-14-9-4-3-5-10-14/h3-5,9-10,12-13H,6-8,11,15H2,1-2H3. The van der Waals surface area contributed by atoms with Crippen molar-refractivity contribution in [1.29, 1.82) is 0 Å². The molecule has 0 saturated carbocycles. The Hall–Kier alpha value is -1.02. The molecule has 0 aromatic heterocycles. The first-order chi connectivity index (χ1) is 7.72. The second-order valence-corrected chi connectivity index (χ2v) is 4.51. The van der Waals surface area contributed by atoms with Crippen LogP contribution < -0.4 is 10.5 Å². The van der Waals surface area contributed by atoms with Crippen molar-refractivity contribution in [3.8, 4) is 5.75 Å². The molecule has 2 nitrogen and oxygen atoms in total. The van der Waals surface area contributed by atoms with Gasteiger partial charge in [-0.15, -0.1) is 0 Å². The molecule has 0 aliphatic heterocycles. The largest absolute Gasteiger partial charge is 0.491 e. The lowest BCUT2D eigenvalue weighted by Gasteiger charge is -2.15. The van der Waals surface area contributed by atoms with E-state index in [2.05, 4.69) is 13.8 Å². The molecule has 0 radical (unpaired) electrons. The van der Waals surface area contributed by atoms with Gasteiger partial charge in [0.1, 0.15) is 5.75 Å². The lowest BCUT2D eigenvalue weighted by molar-refractivity contribution is 0.204. The van der Waals surface area contributed by atoms with Crippen molar-refractivity contribution in [3.63, 3.8) is 0 Å². The number of rotatable bonds is 7. The van der Waals surface area contributed by atoms with E-state index in [0.29, 0.717) is 5.92 Å². The van der Waals surface area contributed by atoms with Crippen molar-refractivity contribution in [2.24, 2.45) is 11.7 Å². The number of ether oxygens (including phenoxy) is 1. The van der Waals surface area contributed by atoms with Gasteiger partial charge in [0.2, 0.25) is 0 Å². The maximum atomic E-state index is 5.80. The van der Waals surface area contributed by atoms with Crippen LogP contribution in [0.1, 0.15) is 33.1 Å². The monoisotopic (exact) mass is 221 g/mol. The van der Waals surface area contributed by atoms with Crippen LogP contribution in [0.5, 0.6) is 5.75 Å². The Balaban J connectivity index is 2.19. The van der Waals surface area contributed by atoms with E-state index in [-0.39, 0.29) is 6.10 Å². The highest BCUT2D eigenvalue weighted by molar-refractivity contribution is 5.21.